The van der Waals surface area contributed by atoms with Crippen molar-refractivity contribution in [2.45, 2.75) is 19.4 Å². The van der Waals surface area contributed by atoms with Crippen LogP contribution < -0.4 is 4.74 Å². The highest BCUT2D eigenvalue weighted by Crippen LogP contribution is 2.29. The van der Waals surface area contributed by atoms with Crippen LogP contribution in [0.2, 0.25) is 0 Å². The Kier molecular flexibility index (Phi) is 2.33. The lowest BCUT2D eigenvalue weighted by molar-refractivity contribution is 0.141. The second-order valence-electron chi connectivity index (χ2n) is 4.13. The second kappa shape index (κ2) is 3.83. The molecule has 0 radical (unpaired) electrons. The summed E-state index contributed by atoms with van der Waals surface area (Å²) in [5.74, 6) is 1.73. The van der Waals surface area contributed by atoms with Crippen LogP contribution in [0.15, 0.2) is 28.7 Å². The molecule has 1 saturated heterocycles. The third kappa shape index (κ3) is 1.67. The van der Waals surface area contributed by atoms with E-state index in [0.29, 0.717) is 6.61 Å². The average molecular weight is 218 g/mol. The van der Waals surface area contributed by atoms with Crippen molar-refractivity contribution in [2.24, 2.45) is 0 Å². The molecule has 0 spiro atoms. The van der Waals surface area contributed by atoms with E-state index >= 15 is 0 Å². The minimum atomic E-state index is 0.163. The van der Waals surface area contributed by atoms with E-state index in [4.69, 9.17) is 13.9 Å². The third-order valence-corrected chi connectivity index (χ3v) is 2.81. The van der Waals surface area contributed by atoms with Crippen LogP contribution in [0, 0.1) is 6.92 Å². The summed E-state index contributed by atoms with van der Waals surface area (Å²) in [6, 6.07) is 7.99. The first-order valence-corrected chi connectivity index (χ1v) is 5.56. The van der Waals surface area contributed by atoms with Gasteiger partial charge in [-0.3, -0.25) is 0 Å². The first kappa shape index (κ1) is 9.73. The molecule has 0 aliphatic carbocycles. The summed E-state index contributed by atoms with van der Waals surface area (Å²) in [6.45, 7) is 3.41. The van der Waals surface area contributed by atoms with Gasteiger partial charge < -0.3 is 13.9 Å². The molecule has 2 aromatic rings. The maximum Gasteiger partial charge on any atom is 0.176 e. The number of para-hydroxylation sites is 1. The van der Waals surface area contributed by atoms with E-state index < -0.39 is 0 Å². The van der Waals surface area contributed by atoms with Gasteiger partial charge in [0.05, 0.1) is 13.2 Å². The van der Waals surface area contributed by atoms with Crippen molar-refractivity contribution in [3.63, 3.8) is 0 Å². The van der Waals surface area contributed by atoms with Gasteiger partial charge in [0.15, 0.2) is 11.3 Å². The molecule has 1 aliphatic heterocycles. The zero-order chi connectivity index (χ0) is 11.0. The molecule has 0 amide bonds. The Labute approximate surface area is 94.0 Å². The van der Waals surface area contributed by atoms with E-state index in [2.05, 4.69) is 0 Å². The van der Waals surface area contributed by atoms with Gasteiger partial charge in [-0.15, -0.1) is 0 Å². The summed E-state index contributed by atoms with van der Waals surface area (Å²) >= 11 is 0. The molecule has 0 N–H and O–H groups in total. The summed E-state index contributed by atoms with van der Waals surface area (Å²) in [5.41, 5.74) is 0.840. The molecule has 1 aromatic heterocycles. The van der Waals surface area contributed by atoms with Crippen LogP contribution in [0.5, 0.6) is 5.75 Å². The Hall–Kier alpha value is -1.48. The number of hydrogen-bond donors (Lipinski definition) is 0. The SMILES string of the molecule is Cc1cc2cccc(OC3CCOC3)c2o1. The van der Waals surface area contributed by atoms with E-state index in [1.54, 1.807) is 0 Å². The molecule has 3 nitrogen and oxygen atoms in total. The van der Waals surface area contributed by atoms with Crippen LogP contribution in [0.3, 0.4) is 0 Å². The fraction of sp³-hybridized carbons (Fsp3) is 0.385. The maximum atomic E-state index is 5.88. The molecule has 0 saturated carbocycles. The van der Waals surface area contributed by atoms with Gasteiger partial charge in [-0.1, -0.05) is 12.1 Å². The van der Waals surface area contributed by atoms with E-state index in [1.165, 1.54) is 0 Å². The van der Waals surface area contributed by atoms with Gasteiger partial charge in [0.25, 0.3) is 0 Å². The number of furan rings is 1. The van der Waals surface area contributed by atoms with Gasteiger partial charge in [0.1, 0.15) is 11.9 Å². The predicted molar refractivity (Wildman–Crippen MR) is 60.8 cm³/mol. The minimum absolute atomic E-state index is 0.163. The summed E-state index contributed by atoms with van der Waals surface area (Å²) in [5, 5.41) is 1.09. The standard InChI is InChI=1S/C13H14O3/c1-9-7-10-3-2-4-12(13(10)15-9)16-11-5-6-14-8-11/h2-4,7,11H,5-6,8H2,1H3. The Morgan fingerprint density at radius 2 is 2.31 bits per heavy atom. The predicted octanol–water partition coefficient (Wildman–Crippen LogP) is 2.91. The number of rotatable bonds is 2. The molecule has 1 aliphatic rings. The van der Waals surface area contributed by atoms with Crippen molar-refractivity contribution in [1.29, 1.82) is 0 Å². The molecule has 0 bridgehead atoms. The van der Waals surface area contributed by atoms with E-state index in [1.807, 2.05) is 31.2 Å². The first-order chi connectivity index (χ1) is 7.83. The van der Waals surface area contributed by atoms with Crippen LogP contribution in [-0.2, 0) is 4.74 Å². The highest BCUT2D eigenvalue weighted by atomic mass is 16.5. The number of fused-ring (bicyclic) bond motifs is 1. The smallest absolute Gasteiger partial charge is 0.176 e. The Morgan fingerprint density at radius 3 is 3.12 bits per heavy atom. The molecular weight excluding hydrogens is 204 g/mol. The molecule has 1 unspecified atom stereocenters. The van der Waals surface area contributed by atoms with Gasteiger partial charge in [0, 0.05) is 11.8 Å². The van der Waals surface area contributed by atoms with Gasteiger partial charge in [-0.2, -0.15) is 0 Å². The maximum absolute atomic E-state index is 5.88. The number of hydrogen-bond acceptors (Lipinski definition) is 3. The zero-order valence-electron chi connectivity index (χ0n) is 9.23. The lowest BCUT2D eigenvalue weighted by atomic mass is 10.2. The molecule has 1 aromatic carbocycles. The second-order valence-corrected chi connectivity index (χ2v) is 4.13. The summed E-state index contributed by atoms with van der Waals surface area (Å²) in [4.78, 5) is 0. The van der Waals surface area contributed by atoms with Gasteiger partial charge in [-0.05, 0) is 19.1 Å². The van der Waals surface area contributed by atoms with E-state index in [9.17, 15) is 0 Å². The van der Waals surface area contributed by atoms with Crippen molar-refractivity contribution in [1.82, 2.24) is 0 Å². The molecular formula is C13H14O3. The number of ether oxygens (including phenoxy) is 2. The van der Waals surface area contributed by atoms with Crippen LogP contribution >= 0.6 is 0 Å². The summed E-state index contributed by atoms with van der Waals surface area (Å²) in [7, 11) is 0. The Morgan fingerprint density at radius 1 is 1.38 bits per heavy atom. The quantitative estimate of drug-likeness (QED) is 0.776. The van der Waals surface area contributed by atoms with Crippen LogP contribution in [-0.4, -0.2) is 19.3 Å². The van der Waals surface area contributed by atoms with Crippen LogP contribution in [0.1, 0.15) is 12.2 Å². The molecule has 2 heterocycles. The van der Waals surface area contributed by atoms with Crippen LogP contribution in [0.4, 0.5) is 0 Å². The number of aryl methyl sites for hydroxylation is 1. The summed E-state index contributed by atoms with van der Waals surface area (Å²) < 4.78 is 16.8. The molecule has 16 heavy (non-hydrogen) atoms. The Bertz CT molecular complexity index is 495. The molecule has 1 atom stereocenters. The largest absolute Gasteiger partial charge is 0.484 e. The van der Waals surface area contributed by atoms with Gasteiger partial charge in [-0.25, -0.2) is 0 Å². The van der Waals surface area contributed by atoms with E-state index in [-0.39, 0.29) is 6.10 Å². The normalized spacial score (nSPS) is 20.4. The molecule has 3 heteroatoms. The highest BCUT2D eigenvalue weighted by Gasteiger charge is 2.19. The van der Waals surface area contributed by atoms with Gasteiger partial charge >= 0.3 is 0 Å². The first-order valence-electron chi connectivity index (χ1n) is 5.56. The lowest BCUT2D eigenvalue weighted by Gasteiger charge is -2.11. The molecule has 3 rings (SSSR count). The van der Waals surface area contributed by atoms with Crippen molar-refractivity contribution in [2.75, 3.05) is 13.2 Å². The van der Waals surface area contributed by atoms with Gasteiger partial charge in [0.2, 0.25) is 0 Å². The van der Waals surface area contributed by atoms with Crippen molar-refractivity contribution < 1.29 is 13.9 Å². The minimum Gasteiger partial charge on any atom is -0.484 e. The zero-order valence-corrected chi connectivity index (χ0v) is 9.23. The third-order valence-electron chi connectivity index (χ3n) is 2.81. The fourth-order valence-corrected chi connectivity index (χ4v) is 2.04. The lowest BCUT2D eigenvalue weighted by Crippen LogP contribution is -2.15. The Balaban J connectivity index is 1.95. The topological polar surface area (TPSA) is 31.6 Å². The van der Waals surface area contributed by atoms with Crippen LogP contribution in [0.25, 0.3) is 11.0 Å². The monoisotopic (exact) mass is 218 g/mol. The van der Waals surface area contributed by atoms with Crippen molar-refractivity contribution >= 4 is 11.0 Å². The number of benzene rings is 1. The highest BCUT2D eigenvalue weighted by molar-refractivity contribution is 5.83. The van der Waals surface area contributed by atoms with E-state index in [0.717, 1.165) is 35.5 Å². The molecule has 1 fully saturated rings. The van der Waals surface area contributed by atoms with Crippen molar-refractivity contribution in [3.8, 4) is 5.75 Å². The molecule has 84 valence electrons. The fourth-order valence-electron chi connectivity index (χ4n) is 2.04. The average Bonchev–Trinajstić information content (AvgIpc) is 2.86. The summed E-state index contributed by atoms with van der Waals surface area (Å²) in [6.07, 6.45) is 1.12. The van der Waals surface area contributed by atoms with Crippen molar-refractivity contribution in [3.05, 3.63) is 30.0 Å².